The first-order chi connectivity index (χ1) is 14.3. The first-order valence-electron chi connectivity index (χ1n) is 10.1. The van der Waals surface area contributed by atoms with Gasteiger partial charge in [0.2, 0.25) is 0 Å². The van der Waals surface area contributed by atoms with E-state index in [1.165, 1.54) is 30.6 Å². The number of alkyl halides is 2. The summed E-state index contributed by atoms with van der Waals surface area (Å²) < 4.78 is 47.5. The van der Waals surface area contributed by atoms with Gasteiger partial charge in [0.05, 0.1) is 30.3 Å². The molecule has 0 saturated carbocycles. The monoisotopic (exact) mass is 453 g/mol. The molecule has 0 saturated heterocycles. The number of benzene rings is 1. The molecule has 0 unspecified atom stereocenters. The number of carbonyl (C=O) groups excluding carboxylic acids is 1. The van der Waals surface area contributed by atoms with Gasteiger partial charge in [-0.05, 0) is 43.3 Å². The van der Waals surface area contributed by atoms with Crippen molar-refractivity contribution in [2.45, 2.75) is 58.3 Å². The summed E-state index contributed by atoms with van der Waals surface area (Å²) in [4.78, 5) is 22.4. The molecule has 0 aliphatic rings. The maximum atomic E-state index is 14.6. The standard InChI is InChI=1S/C22H30F3N3O2Si/c1-15(14-30-31(5,6)22(2,3)4)28(13-18(24)25)21(29)16-9-7-10-17(23)19(16)20-26-11-8-12-27-20/h7-12,15,18H,13-14H2,1-6H3/t15-/m0/s1. The van der Waals surface area contributed by atoms with E-state index in [9.17, 15) is 18.0 Å². The van der Waals surface area contributed by atoms with Crippen molar-refractivity contribution in [3.63, 3.8) is 0 Å². The lowest BCUT2D eigenvalue weighted by molar-refractivity contribution is 0.0376. The molecule has 1 heterocycles. The second-order valence-corrected chi connectivity index (χ2v) is 13.8. The van der Waals surface area contributed by atoms with Gasteiger partial charge in [-0.3, -0.25) is 4.79 Å². The number of halogens is 3. The van der Waals surface area contributed by atoms with Crippen molar-refractivity contribution in [2.75, 3.05) is 13.2 Å². The van der Waals surface area contributed by atoms with Gasteiger partial charge in [0.1, 0.15) is 5.82 Å². The fourth-order valence-corrected chi connectivity index (χ4v) is 3.85. The zero-order chi connectivity index (χ0) is 23.4. The van der Waals surface area contributed by atoms with Crippen LogP contribution in [0.1, 0.15) is 38.1 Å². The maximum absolute atomic E-state index is 14.6. The van der Waals surface area contributed by atoms with Crippen LogP contribution in [-0.4, -0.2) is 54.7 Å². The Kier molecular flexibility index (Phi) is 7.99. The Morgan fingerprint density at radius 1 is 1.16 bits per heavy atom. The van der Waals surface area contributed by atoms with Crippen LogP contribution in [0.15, 0.2) is 36.7 Å². The van der Waals surface area contributed by atoms with Crippen molar-refractivity contribution in [1.82, 2.24) is 14.9 Å². The quantitative estimate of drug-likeness (QED) is 0.502. The van der Waals surface area contributed by atoms with E-state index in [0.29, 0.717) is 0 Å². The Hall–Kier alpha value is -2.26. The number of carbonyl (C=O) groups is 1. The van der Waals surface area contributed by atoms with Gasteiger partial charge >= 0.3 is 0 Å². The Bertz CT molecular complexity index is 889. The third-order valence-electron chi connectivity index (χ3n) is 5.65. The van der Waals surface area contributed by atoms with Crippen LogP contribution in [0.3, 0.4) is 0 Å². The highest BCUT2D eigenvalue weighted by Crippen LogP contribution is 2.36. The van der Waals surface area contributed by atoms with Crippen LogP contribution < -0.4 is 0 Å². The zero-order valence-corrected chi connectivity index (χ0v) is 19.8. The summed E-state index contributed by atoms with van der Waals surface area (Å²) in [6.45, 7) is 11.3. The predicted octanol–water partition coefficient (Wildman–Crippen LogP) is 5.40. The van der Waals surface area contributed by atoms with Gasteiger partial charge in [0.15, 0.2) is 14.1 Å². The van der Waals surface area contributed by atoms with Gasteiger partial charge in [-0.1, -0.05) is 26.8 Å². The maximum Gasteiger partial charge on any atom is 0.255 e. The molecule has 0 N–H and O–H groups in total. The molecule has 0 bridgehead atoms. The van der Waals surface area contributed by atoms with Crippen molar-refractivity contribution in [2.24, 2.45) is 0 Å². The molecule has 31 heavy (non-hydrogen) atoms. The van der Waals surface area contributed by atoms with Gasteiger partial charge in [0, 0.05) is 12.4 Å². The minimum absolute atomic E-state index is 0.0196. The zero-order valence-electron chi connectivity index (χ0n) is 18.8. The molecule has 0 spiro atoms. The molecule has 1 aromatic heterocycles. The molecule has 1 atom stereocenters. The predicted molar refractivity (Wildman–Crippen MR) is 117 cm³/mol. The highest BCUT2D eigenvalue weighted by atomic mass is 28.4. The van der Waals surface area contributed by atoms with Crippen LogP contribution in [0.25, 0.3) is 11.4 Å². The van der Waals surface area contributed by atoms with E-state index in [1.54, 1.807) is 13.0 Å². The average molecular weight is 454 g/mol. The lowest BCUT2D eigenvalue weighted by Crippen LogP contribution is -2.48. The number of hydrogen-bond acceptors (Lipinski definition) is 4. The summed E-state index contributed by atoms with van der Waals surface area (Å²) in [5.74, 6) is -1.39. The Morgan fingerprint density at radius 2 is 1.77 bits per heavy atom. The van der Waals surface area contributed by atoms with E-state index in [1.807, 2.05) is 0 Å². The molecule has 2 aromatic rings. The molecule has 1 amide bonds. The topological polar surface area (TPSA) is 55.3 Å². The molecule has 2 rings (SSSR count). The highest BCUT2D eigenvalue weighted by Gasteiger charge is 2.38. The lowest BCUT2D eigenvalue weighted by atomic mass is 10.0. The van der Waals surface area contributed by atoms with Gasteiger partial charge in [0.25, 0.3) is 12.3 Å². The summed E-state index contributed by atoms with van der Waals surface area (Å²) in [6, 6.07) is 4.88. The van der Waals surface area contributed by atoms with Gasteiger partial charge in [-0.25, -0.2) is 23.1 Å². The van der Waals surface area contributed by atoms with Crippen LogP contribution in [0.5, 0.6) is 0 Å². The Balaban J connectivity index is 2.38. The smallest absolute Gasteiger partial charge is 0.255 e. The summed E-state index contributed by atoms with van der Waals surface area (Å²) in [5.41, 5.74) is -0.170. The van der Waals surface area contributed by atoms with Gasteiger partial charge < -0.3 is 9.33 Å². The average Bonchev–Trinajstić information content (AvgIpc) is 2.69. The molecule has 1 aromatic carbocycles. The van der Waals surface area contributed by atoms with E-state index < -0.39 is 39.1 Å². The molecule has 170 valence electrons. The lowest BCUT2D eigenvalue weighted by Gasteiger charge is -2.38. The first-order valence-corrected chi connectivity index (χ1v) is 13.0. The van der Waals surface area contributed by atoms with Crippen molar-refractivity contribution in [3.05, 3.63) is 48.0 Å². The van der Waals surface area contributed by atoms with E-state index in [-0.39, 0.29) is 28.6 Å². The van der Waals surface area contributed by atoms with Crippen LogP contribution >= 0.6 is 0 Å². The molecule has 5 nitrogen and oxygen atoms in total. The number of hydrogen-bond donors (Lipinski definition) is 0. The van der Waals surface area contributed by atoms with Crippen molar-refractivity contribution >= 4 is 14.2 Å². The number of rotatable bonds is 8. The second kappa shape index (κ2) is 9.91. The largest absolute Gasteiger partial charge is 0.415 e. The van der Waals surface area contributed by atoms with Crippen LogP contribution in [0.4, 0.5) is 13.2 Å². The van der Waals surface area contributed by atoms with Crippen molar-refractivity contribution < 1.29 is 22.4 Å². The van der Waals surface area contributed by atoms with E-state index in [0.717, 1.165) is 4.90 Å². The minimum atomic E-state index is -2.75. The first kappa shape index (κ1) is 25.0. The van der Waals surface area contributed by atoms with Crippen molar-refractivity contribution in [3.8, 4) is 11.4 Å². The van der Waals surface area contributed by atoms with Gasteiger partial charge in [-0.15, -0.1) is 0 Å². The number of nitrogens with zero attached hydrogens (tertiary/aromatic N) is 3. The third-order valence-corrected chi connectivity index (χ3v) is 10.2. The van der Waals surface area contributed by atoms with Crippen molar-refractivity contribution in [1.29, 1.82) is 0 Å². The Labute approximate surface area is 182 Å². The van der Waals surface area contributed by atoms with E-state index in [2.05, 4.69) is 43.8 Å². The van der Waals surface area contributed by atoms with E-state index >= 15 is 0 Å². The molecule has 0 aliphatic heterocycles. The number of aromatic nitrogens is 2. The molecular weight excluding hydrogens is 423 g/mol. The SMILES string of the molecule is C[C@@H](CO[Si](C)(C)C(C)(C)C)N(CC(F)F)C(=O)c1cccc(F)c1-c1ncccn1. The van der Waals surface area contributed by atoms with Gasteiger partial charge in [-0.2, -0.15) is 0 Å². The summed E-state index contributed by atoms with van der Waals surface area (Å²) in [6.07, 6.45) is 0.106. The van der Waals surface area contributed by atoms with Crippen LogP contribution in [-0.2, 0) is 4.43 Å². The molecule has 0 aliphatic carbocycles. The summed E-state index contributed by atoms with van der Waals surface area (Å²) in [5, 5.41) is -0.0648. The van der Waals surface area contributed by atoms with Crippen LogP contribution in [0.2, 0.25) is 18.1 Å². The second-order valence-electron chi connectivity index (χ2n) is 9.00. The highest BCUT2D eigenvalue weighted by molar-refractivity contribution is 6.74. The fourth-order valence-electron chi connectivity index (χ4n) is 2.76. The molecular formula is C22H30F3N3O2Si. The molecule has 0 radical (unpaired) electrons. The van der Waals surface area contributed by atoms with E-state index in [4.69, 9.17) is 4.43 Å². The van der Waals surface area contributed by atoms with Crippen LogP contribution in [0, 0.1) is 5.82 Å². The summed E-state index contributed by atoms with van der Waals surface area (Å²) in [7, 11) is -2.15. The third kappa shape index (κ3) is 6.13. The molecule has 9 heteroatoms. The number of amides is 1. The minimum Gasteiger partial charge on any atom is -0.415 e. The normalized spacial score (nSPS) is 13.4. The molecule has 0 fully saturated rings. The Morgan fingerprint density at radius 3 is 2.32 bits per heavy atom. The summed E-state index contributed by atoms with van der Waals surface area (Å²) >= 11 is 0. The fraction of sp³-hybridized carbons (Fsp3) is 0.500.